The first-order valence-electron chi connectivity index (χ1n) is 4.95. The lowest BCUT2D eigenvalue weighted by Gasteiger charge is -2.03. The van der Waals surface area contributed by atoms with E-state index in [4.69, 9.17) is 5.73 Å². The van der Waals surface area contributed by atoms with Crippen molar-refractivity contribution in [3.8, 4) is 0 Å². The van der Waals surface area contributed by atoms with Gasteiger partial charge < -0.3 is 11.1 Å². The van der Waals surface area contributed by atoms with Gasteiger partial charge >= 0.3 is 0 Å². The van der Waals surface area contributed by atoms with Gasteiger partial charge in [0.15, 0.2) is 0 Å². The van der Waals surface area contributed by atoms with Crippen molar-refractivity contribution in [2.75, 3.05) is 11.1 Å². The zero-order valence-corrected chi connectivity index (χ0v) is 9.31. The van der Waals surface area contributed by atoms with Crippen molar-refractivity contribution in [2.45, 2.75) is 13.5 Å². The van der Waals surface area contributed by atoms with Crippen LogP contribution < -0.4 is 11.1 Å². The average molecular weight is 218 g/mol. The van der Waals surface area contributed by atoms with E-state index in [1.807, 2.05) is 20.2 Å². The van der Waals surface area contributed by atoms with Crippen LogP contribution >= 0.6 is 0 Å². The highest BCUT2D eigenvalue weighted by atomic mass is 15.3. The first-order chi connectivity index (χ1) is 7.65. The fourth-order valence-corrected chi connectivity index (χ4v) is 1.43. The van der Waals surface area contributed by atoms with E-state index in [-0.39, 0.29) is 0 Å². The van der Waals surface area contributed by atoms with Crippen molar-refractivity contribution in [3.63, 3.8) is 0 Å². The Labute approximate surface area is 93.5 Å². The molecule has 0 unspecified atom stereocenters. The zero-order valence-electron chi connectivity index (χ0n) is 9.31. The first kappa shape index (κ1) is 10.4. The third-order valence-corrected chi connectivity index (χ3v) is 2.22. The Morgan fingerprint density at radius 1 is 1.38 bits per heavy atom. The van der Waals surface area contributed by atoms with Gasteiger partial charge in [0.25, 0.3) is 0 Å². The summed E-state index contributed by atoms with van der Waals surface area (Å²) in [5.41, 5.74) is 8.19. The molecule has 16 heavy (non-hydrogen) atoms. The summed E-state index contributed by atoms with van der Waals surface area (Å²) in [5.74, 6) is 0.567. The largest absolute Gasteiger partial charge is 0.396 e. The van der Waals surface area contributed by atoms with E-state index in [2.05, 4.69) is 20.4 Å². The van der Waals surface area contributed by atoms with Crippen LogP contribution in [0.1, 0.15) is 11.3 Å². The molecule has 2 aromatic rings. The molecule has 0 fully saturated rings. The maximum absolute atomic E-state index is 5.50. The third-order valence-electron chi connectivity index (χ3n) is 2.22. The summed E-state index contributed by atoms with van der Waals surface area (Å²) in [6.07, 6.45) is 5.12. The molecular weight excluding hydrogens is 204 g/mol. The number of aromatic nitrogens is 4. The Kier molecular flexibility index (Phi) is 2.72. The highest BCUT2D eigenvalue weighted by Gasteiger charge is 2.03. The van der Waals surface area contributed by atoms with Gasteiger partial charge in [0.2, 0.25) is 5.95 Å². The predicted octanol–water partition coefficient (Wildman–Crippen LogP) is 0.713. The molecule has 0 aliphatic rings. The molecule has 2 aromatic heterocycles. The Hall–Kier alpha value is -2.11. The molecule has 3 N–H and O–H groups in total. The Bertz CT molecular complexity index is 473. The van der Waals surface area contributed by atoms with Crippen molar-refractivity contribution in [1.29, 1.82) is 0 Å². The Balaban J connectivity index is 2.02. The van der Waals surface area contributed by atoms with E-state index in [0.717, 1.165) is 11.3 Å². The minimum absolute atomic E-state index is 0.558. The maximum Gasteiger partial charge on any atom is 0.222 e. The van der Waals surface area contributed by atoms with Crippen LogP contribution in [0.15, 0.2) is 18.6 Å². The number of rotatable bonds is 3. The minimum Gasteiger partial charge on any atom is -0.396 e. The normalized spacial score (nSPS) is 10.4. The number of hydrogen-bond acceptors (Lipinski definition) is 5. The van der Waals surface area contributed by atoms with E-state index in [1.165, 1.54) is 0 Å². The molecule has 6 nitrogen and oxygen atoms in total. The lowest BCUT2D eigenvalue weighted by molar-refractivity contribution is 0.756. The van der Waals surface area contributed by atoms with Gasteiger partial charge in [0.05, 0.1) is 23.8 Å². The number of anilines is 2. The second-order valence-electron chi connectivity index (χ2n) is 3.61. The van der Waals surface area contributed by atoms with Gasteiger partial charge in [-0.25, -0.2) is 9.97 Å². The van der Waals surface area contributed by atoms with Crippen LogP contribution in [0.4, 0.5) is 11.6 Å². The lowest BCUT2D eigenvalue weighted by atomic mass is 10.3. The Morgan fingerprint density at radius 3 is 2.62 bits per heavy atom. The number of nitrogens with zero attached hydrogens (tertiary/aromatic N) is 4. The van der Waals surface area contributed by atoms with Gasteiger partial charge in [0.1, 0.15) is 0 Å². The van der Waals surface area contributed by atoms with Crippen molar-refractivity contribution < 1.29 is 0 Å². The van der Waals surface area contributed by atoms with E-state index in [0.29, 0.717) is 18.2 Å². The monoisotopic (exact) mass is 218 g/mol. The number of nitrogens with two attached hydrogens (primary N) is 1. The number of hydrogen-bond donors (Lipinski definition) is 2. The molecule has 0 radical (unpaired) electrons. The van der Waals surface area contributed by atoms with Crippen molar-refractivity contribution in [2.24, 2.45) is 7.05 Å². The van der Waals surface area contributed by atoms with Crippen LogP contribution in [0.2, 0.25) is 0 Å². The fraction of sp³-hybridized carbons (Fsp3) is 0.300. The molecule has 0 spiro atoms. The average Bonchev–Trinajstić information content (AvgIpc) is 2.57. The summed E-state index contributed by atoms with van der Waals surface area (Å²) in [5, 5.41) is 7.36. The third kappa shape index (κ3) is 2.28. The molecule has 2 rings (SSSR count). The molecule has 0 saturated heterocycles. The van der Waals surface area contributed by atoms with E-state index in [1.54, 1.807) is 17.1 Å². The predicted molar refractivity (Wildman–Crippen MR) is 61.7 cm³/mol. The fourth-order valence-electron chi connectivity index (χ4n) is 1.43. The smallest absolute Gasteiger partial charge is 0.222 e. The van der Waals surface area contributed by atoms with Crippen LogP contribution in [-0.4, -0.2) is 19.7 Å². The molecule has 0 aliphatic carbocycles. The summed E-state index contributed by atoms with van der Waals surface area (Å²) in [6, 6.07) is 0. The van der Waals surface area contributed by atoms with Crippen molar-refractivity contribution in [1.82, 2.24) is 19.7 Å². The molecule has 0 aromatic carbocycles. The molecular formula is C10H14N6. The van der Waals surface area contributed by atoms with Crippen LogP contribution in [0.5, 0.6) is 0 Å². The second kappa shape index (κ2) is 4.18. The van der Waals surface area contributed by atoms with Gasteiger partial charge in [-0.15, -0.1) is 0 Å². The molecule has 0 bridgehead atoms. The summed E-state index contributed by atoms with van der Waals surface area (Å²) in [4.78, 5) is 8.11. The SMILES string of the molecule is Cc1nn(C)cc1CNc1ncc(N)cn1. The van der Waals surface area contributed by atoms with E-state index < -0.39 is 0 Å². The molecule has 2 heterocycles. The molecule has 6 heteroatoms. The van der Waals surface area contributed by atoms with Gasteiger partial charge in [0, 0.05) is 25.4 Å². The molecule has 0 saturated carbocycles. The highest BCUT2D eigenvalue weighted by molar-refractivity contribution is 5.36. The molecule has 84 valence electrons. The number of nitrogen functional groups attached to an aromatic ring is 1. The highest BCUT2D eigenvalue weighted by Crippen LogP contribution is 2.07. The van der Waals surface area contributed by atoms with Crippen LogP contribution in [-0.2, 0) is 13.6 Å². The summed E-state index contributed by atoms with van der Waals surface area (Å²) < 4.78 is 1.79. The van der Waals surface area contributed by atoms with Crippen LogP contribution in [0, 0.1) is 6.92 Å². The minimum atomic E-state index is 0.558. The maximum atomic E-state index is 5.50. The zero-order chi connectivity index (χ0) is 11.5. The second-order valence-corrected chi connectivity index (χ2v) is 3.61. The number of aryl methyl sites for hydroxylation is 2. The Morgan fingerprint density at radius 2 is 2.06 bits per heavy atom. The summed E-state index contributed by atoms with van der Waals surface area (Å²) in [6.45, 7) is 2.63. The van der Waals surface area contributed by atoms with Crippen molar-refractivity contribution >= 4 is 11.6 Å². The molecule has 0 atom stereocenters. The summed E-state index contributed by atoms with van der Waals surface area (Å²) >= 11 is 0. The van der Waals surface area contributed by atoms with Crippen molar-refractivity contribution in [3.05, 3.63) is 29.8 Å². The van der Waals surface area contributed by atoms with E-state index in [9.17, 15) is 0 Å². The van der Waals surface area contributed by atoms with Crippen LogP contribution in [0.3, 0.4) is 0 Å². The van der Waals surface area contributed by atoms with E-state index >= 15 is 0 Å². The van der Waals surface area contributed by atoms with Gasteiger partial charge in [-0.2, -0.15) is 5.10 Å². The van der Waals surface area contributed by atoms with Gasteiger partial charge in [-0.3, -0.25) is 4.68 Å². The first-order valence-corrected chi connectivity index (χ1v) is 4.95. The molecule has 0 aliphatic heterocycles. The summed E-state index contributed by atoms with van der Waals surface area (Å²) in [7, 11) is 1.90. The quantitative estimate of drug-likeness (QED) is 0.793. The molecule has 0 amide bonds. The number of nitrogens with one attached hydrogen (secondary N) is 1. The van der Waals surface area contributed by atoms with Gasteiger partial charge in [-0.1, -0.05) is 0 Å². The standard InChI is InChI=1S/C10H14N6/c1-7-8(6-16(2)15-7)3-12-10-13-4-9(11)5-14-10/h4-6H,3,11H2,1-2H3,(H,12,13,14). The lowest BCUT2D eigenvalue weighted by Crippen LogP contribution is -2.04. The van der Waals surface area contributed by atoms with Gasteiger partial charge in [-0.05, 0) is 6.92 Å². The van der Waals surface area contributed by atoms with Crippen LogP contribution in [0.25, 0.3) is 0 Å². The topological polar surface area (TPSA) is 81.7 Å².